The van der Waals surface area contributed by atoms with Gasteiger partial charge in [-0.1, -0.05) is 64.4 Å². The number of fused-ring (bicyclic) bond motifs is 4. The molecule has 1 N–H and O–H groups in total. The molecule has 2 aliphatic heterocycles. The van der Waals surface area contributed by atoms with Crippen molar-refractivity contribution >= 4 is 11.6 Å². The molecule has 2 heterocycles. The van der Waals surface area contributed by atoms with E-state index in [4.69, 9.17) is 14.2 Å². The third-order valence-electron chi connectivity index (χ3n) is 7.95. The van der Waals surface area contributed by atoms with Gasteiger partial charge in [-0.15, -0.1) is 0 Å². The lowest BCUT2D eigenvalue weighted by Crippen LogP contribution is -2.50. The van der Waals surface area contributed by atoms with Gasteiger partial charge in [0.05, 0.1) is 19.3 Å². The molecular weight excluding hydrogens is 456 g/mol. The van der Waals surface area contributed by atoms with E-state index in [1.807, 2.05) is 26.0 Å². The summed E-state index contributed by atoms with van der Waals surface area (Å²) in [5.74, 6) is -0.457. The Hall–Kier alpha value is -2.76. The van der Waals surface area contributed by atoms with Crippen LogP contribution in [-0.4, -0.2) is 36.0 Å². The van der Waals surface area contributed by atoms with Crippen molar-refractivity contribution in [1.82, 2.24) is 0 Å². The number of rotatable bonds is 11. The summed E-state index contributed by atoms with van der Waals surface area (Å²) in [7, 11) is 1.59. The average Bonchev–Trinajstić information content (AvgIpc) is 2.87. The lowest BCUT2D eigenvalue weighted by molar-refractivity contribution is -0.130. The van der Waals surface area contributed by atoms with Crippen LogP contribution in [0.2, 0.25) is 0 Å². The second-order valence-electron chi connectivity index (χ2n) is 10.8. The van der Waals surface area contributed by atoms with Crippen molar-refractivity contribution in [2.75, 3.05) is 13.7 Å². The molecule has 0 aromatic heterocycles. The maximum Gasteiger partial charge on any atom is 0.228 e. The monoisotopic (exact) mass is 496 g/mol. The van der Waals surface area contributed by atoms with Gasteiger partial charge in [0.1, 0.15) is 17.1 Å². The Morgan fingerprint density at radius 3 is 2.33 bits per heavy atom. The van der Waals surface area contributed by atoms with Gasteiger partial charge in [0.25, 0.3) is 0 Å². The summed E-state index contributed by atoms with van der Waals surface area (Å²) < 4.78 is 17.6. The van der Waals surface area contributed by atoms with E-state index in [1.165, 1.54) is 38.5 Å². The van der Waals surface area contributed by atoms with E-state index in [0.29, 0.717) is 24.5 Å². The number of aliphatic hydroxyl groups excluding tert-OH is 1. The molecule has 1 aromatic carbocycles. The summed E-state index contributed by atoms with van der Waals surface area (Å²) in [6.45, 7) is 6.43. The third-order valence-corrected chi connectivity index (χ3v) is 7.95. The quantitative estimate of drug-likeness (QED) is 0.270. The molecule has 36 heavy (non-hydrogen) atoms. The zero-order chi connectivity index (χ0) is 25.9. The van der Waals surface area contributed by atoms with E-state index < -0.39 is 23.1 Å². The maximum absolute atomic E-state index is 13.6. The Morgan fingerprint density at radius 2 is 1.67 bits per heavy atom. The number of hydrogen-bond donors (Lipinski definition) is 1. The third kappa shape index (κ3) is 5.05. The molecule has 1 aliphatic carbocycles. The number of benzene rings is 1. The number of carbonyl (C=O) groups excluding carboxylic acids is 2. The van der Waals surface area contributed by atoms with Gasteiger partial charge < -0.3 is 19.3 Å². The second-order valence-corrected chi connectivity index (χ2v) is 10.8. The number of Topliss-reactive ketones (excluding diaryl/α,β-unsaturated/α-hetero) is 2. The van der Waals surface area contributed by atoms with Gasteiger partial charge in [0, 0.05) is 29.0 Å². The minimum absolute atomic E-state index is 0.0960. The molecule has 0 amide bonds. The fraction of sp³-hybridized carbons (Fsp3) is 0.600. The number of unbranched alkanes of at least 4 members (excludes halogenated alkanes) is 8. The van der Waals surface area contributed by atoms with E-state index in [0.717, 1.165) is 24.8 Å². The number of hydrogen-bond acceptors (Lipinski definition) is 6. The molecule has 2 atom stereocenters. The molecule has 196 valence electrons. The minimum atomic E-state index is -0.715. The van der Waals surface area contributed by atoms with Crippen molar-refractivity contribution in [3.8, 4) is 11.5 Å². The molecule has 0 saturated carbocycles. The molecule has 0 fully saturated rings. The molecule has 0 spiro atoms. The summed E-state index contributed by atoms with van der Waals surface area (Å²) in [5, 5.41) is 10.9. The average molecular weight is 497 g/mol. The first-order valence-electron chi connectivity index (χ1n) is 13.6. The fourth-order valence-electron chi connectivity index (χ4n) is 5.78. The molecule has 0 bridgehead atoms. The van der Waals surface area contributed by atoms with Crippen molar-refractivity contribution in [3.05, 3.63) is 46.4 Å². The van der Waals surface area contributed by atoms with Gasteiger partial charge in [-0.05, 0) is 32.8 Å². The van der Waals surface area contributed by atoms with E-state index in [2.05, 4.69) is 6.92 Å². The zero-order valence-corrected chi connectivity index (χ0v) is 22.2. The molecule has 0 saturated heterocycles. The van der Waals surface area contributed by atoms with E-state index in [1.54, 1.807) is 13.2 Å². The van der Waals surface area contributed by atoms with Gasteiger partial charge in [-0.3, -0.25) is 9.59 Å². The molecule has 1 aromatic rings. The predicted octanol–water partition coefficient (Wildman–Crippen LogP) is 6.74. The largest absolute Gasteiger partial charge is 0.504 e. The Labute approximate surface area is 214 Å². The standard InChI is InChI=1S/C30H40O6/c1-5-6-7-8-9-10-11-12-13-14-21-26(31)28(33)25-24-20-16-15-19(34-4)17-23(20)35-18-22(24)30(2,3)36-29(25)27(21)32/h15-17,22,24,31H,5-14,18H2,1-4H3/t22-,24+/m1/s1. The van der Waals surface area contributed by atoms with Crippen LogP contribution in [0.25, 0.3) is 0 Å². The highest BCUT2D eigenvalue weighted by Crippen LogP contribution is 2.53. The van der Waals surface area contributed by atoms with E-state index in [-0.39, 0.29) is 28.6 Å². The highest BCUT2D eigenvalue weighted by atomic mass is 16.5. The number of aliphatic hydroxyl groups is 1. The Bertz CT molecular complexity index is 1060. The van der Waals surface area contributed by atoms with Crippen LogP contribution in [0, 0.1) is 5.92 Å². The molecule has 3 aliphatic rings. The van der Waals surface area contributed by atoms with Crippen LogP contribution in [0.5, 0.6) is 11.5 Å². The van der Waals surface area contributed by atoms with Crippen LogP contribution in [0.1, 0.15) is 96.5 Å². The number of allylic oxidation sites excluding steroid dienone is 2. The Morgan fingerprint density at radius 1 is 1.00 bits per heavy atom. The van der Waals surface area contributed by atoms with Gasteiger partial charge in [-0.2, -0.15) is 0 Å². The molecule has 4 rings (SSSR count). The summed E-state index contributed by atoms with van der Waals surface area (Å²) in [5.41, 5.74) is 0.546. The highest BCUT2D eigenvalue weighted by molar-refractivity contribution is 6.24. The van der Waals surface area contributed by atoms with Crippen LogP contribution in [0.4, 0.5) is 0 Å². The molecule has 6 heteroatoms. The summed E-state index contributed by atoms with van der Waals surface area (Å²) >= 11 is 0. The van der Waals surface area contributed by atoms with Crippen molar-refractivity contribution in [1.29, 1.82) is 0 Å². The van der Waals surface area contributed by atoms with Crippen LogP contribution >= 0.6 is 0 Å². The van der Waals surface area contributed by atoms with E-state index in [9.17, 15) is 14.7 Å². The van der Waals surface area contributed by atoms with Crippen LogP contribution in [0.15, 0.2) is 40.9 Å². The summed E-state index contributed by atoms with van der Waals surface area (Å²) in [4.78, 5) is 27.1. The second kappa shape index (κ2) is 11.1. The molecule has 6 nitrogen and oxygen atoms in total. The van der Waals surface area contributed by atoms with Gasteiger partial charge in [-0.25, -0.2) is 0 Å². The topological polar surface area (TPSA) is 82.1 Å². The number of ketones is 2. The van der Waals surface area contributed by atoms with Gasteiger partial charge in [0.15, 0.2) is 11.5 Å². The molecule has 0 unspecified atom stereocenters. The van der Waals surface area contributed by atoms with Crippen molar-refractivity contribution in [3.63, 3.8) is 0 Å². The Balaban J connectivity index is 1.51. The number of ether oxygens (including phenoxy) is 3. The van der Waals surface area contributed by atoms with Crippen LogP contribution in [0.3, 0.4) is 0 Å². The highest BCUT2D eigenvalue weighted by Gasteiger charge is 2.54. The smallest absolute Gasteiger partial charge is 0.228 e. The number of carbonyl (C=O) groups is 2. The first-order chi connectivity index (χ1) is 17.3. The van der Waals surface area contributed by atoms with Crippen LogP contribution < -0.4 is 9.47 Å². The van der Waals surface area contributed by atoms with E-state index >= 15 is 0 Å². The molecule has 0 radical (unpaired) electrons. The summed E-state index contributed by atoms with van der Waals surface area (Å²) in [6.07, 6.45) is 10.8. The fourth-order valence-corrected chi connectivity index (χ4v) is 5.78. The predicted molar refractivity (Wildman–Crippen MR) is 138 cm³/mol. The lowest BCUT2D eigenvalue weighted by Gasteiger charge is -2.48. The maximum atomic E-state index is 13.6. The first kappa shape index (κ1) is 26.3. The molecular formula is C30H40O6. The van der Waals surface area contributed by atoms with Crippen molar-refractivity contribution < 1.29 is 28.9 Å². The van der Waals surface area contributed by atoms with Gasteiger partial charge in [0.2, 0.25) is 11.6 Å². The lowest BCUT2D eigenvalue weighted by atomic mass is 9.67. The SMILES string of the molecule is CCCCCCCCCCCC1=C(O)C(=O)C2=C(OC(C)(C)[C@@H]3COc4cc(OC)ccc4[C@H]23)C1=O. The first-order valence-corrected chi connectivity index (χ1v) is 13.6. The zero-order valence-electron chi connectivity index (χ0n) is 22.2. The Kier molecular flexibility index (Phi) is 8.11. The summed E-state index contributed by atoms with van der Waals surface area (Å²) in [6, 6.07) is 5.51. The van der Waals surface area contributed by atoms with Crippen molar-refractivity contribution in [2.45, 2.75) is 96.5 Å². The normalized spacial score (nSPS) is 22.4. The van der Waals surface area contributed by atoms with Crippen LogP contribution in [-0.2, 0) is 14.3 Å². The number of methoxy groups -OCH3 is 1. The minimum Gasteiger partial charge on any atom is -0.504 e. The van der Waals surface area contributed by atoms with Crippen molar-refractivity contribution in [2.24, 2.45) is 5.92 Å². The van der Waals surface area contributed by atoms with Gasteiger partial charge >= 0.3 is 0 Å².